The SMILES string of the molecule is COc1ccc2c(c1)CCC1C2CC[C@H]2C1[C@H](CCC(=O)Nc1ncc(C)s1)C[C@@H]2OC. The summed E-state index contributed by atoms with van der Waals surface area (Å²) in [5, 5.41) is 3.70. The summed E-state index contributed by atoms with van der Waals surface area (Å²) in [6, 6.07) is 6.68. The first-order valence-corrected chi connectivity index (χ1v) is 12.8. The molecular weight excluding hydrogens is 420 g/mol. The predicted octanol–water partition coefficient (Wildman–Crippen LogP) is 5.59. The minimum absolute atomic E-state index is 0.0882. The highest BCUT2D eigenvalue weighted by molar-refractivity contribution is 7.15. The van der Waals surface area contributed by atoms with E-state index in [1.807, 2.05) is 20.2 Å². The van der Waals surface area contributed by atoms with Crippen molar-refractivity contribution in [1.82, 2.24) is 4.98 Å². The van der Waals surface area contributed by atoms with E-state index in [4.69, 9.17) is 9.47 Å². The summed E-state index contributed by atoms with van der Waals surface area (Å²) in [5.41, 5.74) is 3.01. The Morgan fingerprint density at radius 3 is 2.84 bits per heavy atom. The number of rotatable bonds is 6. The lowest BCUT2D eigenvalue weighted by atomic mass is 9.59. The van der Waals surface area contributed by atoms with Gasteiger partial charge in [-0.3, -0.25) is 4.79 Å². The van der Waals surface area contributed by atoms with Gasteiger partial charge in [-0.15, -0.1) is 11.3 Å². The largest absolute Gasteiger partial charge is 0.497 e. The van der Waals surface area contributed by atoms with Crippen LogP contribution in [0.25, 0.3) is 0 Å². The predicted molar refractivity (Wildman–Crippen MR) is 127 cm³/mol. The highest BCUT2D eigenvalue weighted by atomic mass is 32.1. The Labute approximate surface area is 194 Å². The Kier molecular flexibility index (Phi) is 6.26. The number of carbonyl (C=O) groups excluding carboxylic acids is 1. The first-order valence-electron chi connectivity index (χ1n) is 12.0. The molecule has 2 saturated carbocycles. The van der Waals surface area contributed by atoms with E-state index < -0.39 is 0 Å². The molecule has 0 aliphatic heterocycles. The average Bonchev–Trinajstić information content (AvgIpc) is 3.39. The van der Waals surface area contributed by atoms with Gasteiger partial charge in [0.2, 0.25) is 5.91 Å². The third kappa shape index (κ3) is 4.08. The lowest BCUT2D eigenvalue weighted by Gasteiger charge is -2.46. The number of hydrogen-bond acceptors (Lipinski definition) is 5. The number of methoxy groups -OCH3 is 2. The summed E-state index contributed by atoms with van der Waals surface area (Å²) >= 11 is 1.54. The Bertz CT molecular complexity index is 974. The minimum atomic E-state index is 0.0882. The molecule has 0 spiro atoms. The Morgan fingerprint density at radius 2 is 2.09 bits per heavy atom. The number of nitrogens with zero attached hydrogens (tertiary/aromatic N) is 1. The zero-order valence-electron chi connectivity index (χ0n) is 19.3. The highest BCUT2D eigenvalue weighted by Gasteiger charge is 2.52. The second kappa shape index (κ2) is 9.14. The van der Waals surface area contributed by atoms with Crippen molar-refractivity contribution in [3.8, 4) is 5.75 Å². The van der Waals surface area contributed by atoms with E-state index in [9.17, 15) is 4.79 Å². The van der Waals surface area contributed by atoms with Gasteiger partial charge in [0.05, 0.1) is 13.2 Å². The van der Waals surface area contributed by atoms with Crippen LogP contribution in [0.15, 0.2) is 24.4 Å². The molecule has 3 aliphatic rings. The van der Waals surface area contributed by atoms with Crippen LogP contribution in [0.3, 0.4) is 0 Å². The number of hydrogen-bond donors (Lipinski definition) is 1. The number of fused-ring (bicyclic) bond motifs is 5. The molecular formula is C26H34N2O3S. The molecule has 2 aromatic rings. The number of carbonyl (C=O) groups is 1. The summed E-state index contributed by atoms with van der Waals surface area (Å²) in [6.45, 7) is 2.01. The van der Waals surface area contributed by atoms with Crippen LogP contribution in [0.4, 0.5) is 5.13 Å². The maximum absolute atomic E-state index is 12.6. The van der Waals surface area contributed by atoms with Crippen molar-refractivity contribution in [3.63, 3.8) is 0 Å². The van der Waals surface area contributed by atoms with Crippen molar-refractivity contribution in [2.45, 2.75) is 63.9 Å². The van der Waals surface area contributed by atoms with Gasteiger partial charge < -0.3 is 14.8 Å². The van der Waals surface area contributed by atoms with E-state index in [0.29, 0.717) is 47.2 Å². The van der Waals surface area contributed by atoms with Crippen LogP contribution in [0.2, 0.25) is 0 Å². The van der Waals surface area contributed by atoms with Crippen molar-refractivity contribution >= 4 is 22.4 Å². The number of aromatic nitrogens is 1. The topological polar surface area (TPSA) is 60.5 Å². The fourth-order valence-electron chi connectivity index (χ4n) is 7.01. The molecule has 5 rings (SSSR count). The van der Waals surface area contributed by atoms with Crippen LogP contribution < -0.4 is 10.1 Å². The van der Waals surface area contributed by atoms with Crippen molar-refractivity contribution in [3.05, 3.63) is 40.4 Å². The molecule has 1 aromatic heterocycles. The molecule has 0 bridgehead atoms. The van der Waals surface area contributed by atoms with Crippen LogP contribution in [0.1, 0.15) is 60.4 Å². The molecule has 5 nitrogen and oxygen atoms in total. The van der Waals surface area contributed by atoms with Crippen LogP contribution in [-0.4, -0.2) is 31.2 Å². The molecule has 1 heterocycles. The first-order chi connectivity index (χ1) is 15.6. The number of aryl methyl sites for hydroxylation is 2. The smallest absolute Gasteiger partial charge is 0.226 e. The molecule has 1 N–H and O–H groups in total. The molecule has 1 amide bonds. The lowest BCUT2D eigenvalue weighted by molar-refractivity contribution is -0.116. The van der Waals surface area contributed by atoms with E-state index in [1.54, 1.807) is 7.11 Å². The number of benzene rings is 1. The fraction of sp³-hybridized carbons (Fsp3) is 0.615. The van der Waals surface area contributed by atoms with Gasteiger partial charge >= 0.3 is 0 Å². The van der Waals surface area contributed by atoms with Crippen LogP contribution in [0, 0.1) is 30.6 Å². The highest BCUT2D eigenvalue weighted by Crippen LogP contribution is 2.58. The van der Waals surface area contributed by atoms with Gasteiger partial charge in [-0.05, 0) is 98.3 Å². The fourth-order valence-corrected chi connectivity index (χ4v) is 7.69. The van der Waals surface area contributed by atoms with Crippen LogP contribution in [0.5, 0.6) is 5.75 Å². The molecule has 0 radical (unpaired) electrons. The summed E-state index contributed by atoms with van der Waals surface area (Å²) in [4.78, 5) is 18.0. The molecule has 6 heteroatoms. The second-order valence-electron chi connectivity index (χ2n) is 9.83. The molecule has 2 fully saturated rings. The van der Waals surface area contributed by atoms with E-state index in [1.165, 1.54) is 41.7 Å². The molecule has 1 aromatic carbocycles. The van der Waals surface area contributed by atoms with Crippen LogP contribution >= 0.6 is 11.3 Å². The van der Waals surface area contributed by atoms with Gasteiger partial charge in [-0.25, -0.2) is 4.98 Å². The summed E-state index contributed by atoms with van der Waals surface area (Å²) in [6.07, 6.45) is 9.60. The zero-order chi connectivity index (χ0) is 22.2. The van der Waals surface area contributed by atoms with E-state index in [2.05, 4.69) is 28.5 Å². The van der Waals surface area contributed by atoms with Gasteiger partial charge in [0.25, 0.3) is 0 Å². The average molecular weight is 455 g/mol. The molecule has 32 heavy (non-hydrogen) atoms. The van der Waals surface area contributed by atoms with Crippen molar-refractivity contribution in [1.29, 1.82) is 0 Å². The standard InChI is InChI=1S/C26H34N2O3S/c1-15-14-27-26(32-15)28-24(29)11-5-17-13-23(31-3)22-10-9-20-19-8-6-18(30-2)12-16(19)4-7-21(20)25(17)22/h6,8,12,14,17,20-23,25H,4-5,7,9-11,13H2,1-3H3,(H,27,28,29)/t17-,20?,21?,22-,23+,25?/m1/s1. The molecule has 3 unspecified atom stereocenters. The molecule has 6 atom stereocenters. The first kappa shape index (κ1) is 21.9. The maximum Gasteiger partial charge on any atom is 0.226 e. The quantitative estimate of drug-likeness (QED) is 0.618. The van der Waals surface area contributed by atoms with Gasteiger partial charge in [0.1, 0.15) is 5.75 Å². The summed E-state index contributed by atoms with van der Waals surface area (Å²) in [5.74, 6) is 4.24. The summed E-state index contributed by atoms with van der Waals surface area (Å²) in [7, 11) is 3.62. The third-order valence-electron chi connectivity index (χ3n) is 8.28. The number of thiazole rings is 1. The minimum Gasteiger partial charge on any atom is -0.497 e. The number of anilines is 1. The maximum atomic E-state index is 12.6. The van der Waals surface area contributed by atoms with Gasteiger partial charge in [0.15, 0.2) is 5.13 Å². The lowest BCUT2D eigenvalue weighted by Crippen LogP contribution is -2.39. The van der Waals surface area contributed by atoms with Crippen molar-refractivity contribution in [2.75, 3.05) is 19.5 Å². The van der Waals surface area contributed by atoms with E-state index in [-0.39, 0.29) is 5.91 Å². The molecule has 3 aliphatic carbocycles. The third-order valence-corrected chi connectivity index (χ3v) is 9.11. The Balaban J connectivity index is 1.30. The normalized spacial score (nSPS) is 30.8. The monoisotopic (exact) mass is 454 g/mol. The second-order valence-corrected chi connectivity index (χ2v) is 11.1. The van der Waals surface area contributed by atoms with Gasteiger partial charge in [-0.1, -0.05) is 6.07 Å². The summed E-state index contributed by atoms with van der Waals surface area (Å²) < 4.78 is 11.4. The van der Waals surface area contributed by atoms with E-state index >= 15 is 0 Å². The number of nitrogens with one attached hydrogen (secondary N) is 1. The number of ether oxygens (including phenoxy) is 2. The zero-order valence-corrected chi connectivity index (χ0v) is 20.1. The van der Waals surface area contributed by atoms with Gasteiger partial charge in [-0.2, -0.15) is 0 Å². The Hall–Kier alpha value is -1.92. The Morgan fingerprint density at radius 1 is 1.22 bits per heavy atom. The van der Waals surface area contributed by atoms with Crippen LogP contribution in [-0.2, 0) is 16.0 Å². The molecule has 172 valence electrons. The number of amides is 1. The van der Waals surface area contributed by atoms with E-state index in [0.717, 1.165) is 29.9 Å². The van der Waals surface area contributed by atoms with Crippen molar-refractivity contribution < 1.29 is 14.3 Å². The van der Waals surface area contributed by atoms with Crippen molar-refractivity contribution in [2.24, 2.45) is 23.7 Å². The van der Waals surface area contributed by atoms with Gasteiger partial charge in [0, 0.05) is 24.6 Å². The molecule has 0 saturated heterocycles.